The van der Waals surface area contributed by atoms with Gasteiger partial charge in [0.2, 0.25) is 0 Å². The first-order valence-electron chi connectivity index (χ1n) is 5.52. The van der Waals surface area contributed by atoms with Crippen LogP contribution >= 0.6 is 11.9 Å². The average molecular weight is 275 g/mol. The molecule has 1 nitrogen and oxygen atoms in total. The van der Waals surface area contributed by atoms with E-state index in [2.05, 4.69) is 4.40 Å². The van der Waals surface area contributed by atoms with E-state index in [0.29, 0.717) is 5.71 Å². The quantitative estimate of drug-likeness (QED) is 0.557. The van der Waals surface area contributed by atoms with Crippen molar-refractivity contribution in [3.63, 3.8) is 0 Å². The van der Waals surface area contributed by atoms with Gasteiger partial charge in [-0.3, -0.25) is 0 Å². The summed E-state index contributed by atoms with van der Waals surface area (Å²) in [5.74, 6) is -0.886. The summed E-state index contributed by atoms with van der Waals surface area (Å²) < 4.78 is 43.0. The first kappa shape index (κ1) is 15.1. The lowest BCUT2D eigenvalue weighted by Gasteiger charge is -2.14. The van der Waals surface area contributed by atoms with Crippen LogP contribution in [-0.4, -0.2) is 10.5 Å². The largest absolute Gasteiger partial charge is 0.266 e. The van der Waals surface area contributed by atoms with Crippen molar-refractivity contribution in [1.29, 1.82) is 0 Å². The molecule has 0 heterocycles. The lowest BCUT2D eigenvalue weighted by atomic mass is 10.1. The molecule has 0 saturated heterocycles. The van der Waals surface area contributed by atoms with Crippen LogP contribution in [0.15, 0.2) is 22.6 Å². The third-order valence-corrected chi connectivity index (χ3v) is 3.02. The van der Waals surface area contributed by atoms with Gasteiger partial charge in [-0.1, -0.05) is 18.2 Å². The molecule has 1 aromatic carbocycles. The number of halogens is 3. The average Bonchev–Trinajstić information content (AvgIpc) is 2.24. The van der Waals surface area contributed by atoms with Crippen LogP contribution < -0.4 is 0 Å². The molecule has 0 aliphatic rings. The molecule has 100 valence electrons. The van der Waals surface area contributed by atoms with E-state index >= 15 is 0 Å². The van der Waals surface area contributed by atoms with Crippen LogP contribution in [0.5, 0.6) is 0 Å². The molecular formula is C13H16F3NS. The van der Waals surface area contributed by atoms with Crippen molar-refractivity contribution in [2.75, 3.05) is 0 Å². The summed E-state index contributed by atoms with van der Waals surface area (Å²) in [7, 11) is 0. The Morgan fingerprint density at radius 3 is 2.39 bits per heavy atom. The zero-order valence-electron chi connectivity index (χ0n) is 10.8. The fourth-order valence-electron chi connectivity index (χ4n) is 1.25. The minimum atomic E-state index is -2.81. The van der Waals surface area contributed by atoms with Crippen LogP contribution in [0.3, 0.4) is 0 Å². The van der Waals surface area contributed by atoms with E-state index in [9.17, 15) is 13.2 Å². The van der Waals surface area contributed by atoms with Crippen LogP contribution in [0.1, 0.15) is 45.2 Å². The zero-order chi connectivity index (χ0) is 13.9. The van der Waals surface area contributed by atoms with Crippen molar-refractivity contribution in [2.24, 2.45) is 4.40 Å². The molecule has 0 aliphatic carbocycles. The number of hydrogen-bond acceptors (Lipinski definition) is 2. The number of alkyl halides is 2. The van der Waals surface area contributed by atoms with Crippen LogP contribution in [0, 0.1) is 5.82 Å². The van der Waals surface area contributed by atoms with Crippen molar-refractivity contribution in [3.8, 4) is 0 Å². The first-order valence-corrected chi connectivity index (χ1v) is 6.29. The summed E-state index contributed by atoms with van der Waals surface area (Å²) in [6.45, 7) is 7.54. The van der Waals surface area contributed by atoms with E-state index in [1.54, 1.807) is 6.92 Å². The van der Waals surface area contributed by atoms with Gasteiger partial charge < -0.3 is 0 Å². The molecular weight excluding hydrogens is 259 g/mol. The summed E-state index contributed by atoms with van der Waals surface area (Å²) in [4.78, 5) is 0. The molecule has 0 unspecified atom stereocenters. The Morgan fingerprint density at radius 2 is 1.89 bits per heavy atom. The van der Waals surface area contributed by atoms with Crippen molar-refractivity contribution in [1.82, 2.24) is 0 Å². The molecule has 0 N–H and O–H groups in total. The predicted octanol–water partition coefficient (Wildman–Crippen LogP) is 5.02. The van der Waals surface area contributed by atoms with Gasteiger partial charge in [0, 0.05) is 10.3 Å². The number of benzene rings is 1. The van der Waals surface area contributed by atoms with Gasteiger partial charge in [0.05, 0.1) is 11.3 Å². The second-order valence-electron chi connectivity index (χ2n) is 4.89. The molecule has 0 aromatic heterocycles. The van der Waals surface area contributed by atoms with Gasteiger partial charge in [-0.15, -0.1) is 0 Å². The van der Waals surface area contributed by atoms with E-state index in [0.717, 1.165) is 6.07 Å². The Morgan fingerprint density at radius 1 is 1.28 bits per heavy atom. The number of rotatable bonds is 3. The topological polar surface area (TPSA) is 12.4 Å². The van der Waals surface area contributed by atoms with Crippen molar-refractivity contribution < 1.29 is 13.2 Å². The number of hydrogen-bond donors (Lipinski definition) is 0. The van der Waals surface area contributed by atoms with Crippen molar-refractivity contribution >= 4 is 17.7 Å². The highest BCUT2D eigenvalue weighted by molar-refractivity contribution is 7.99. The van der Waals surface area contributed by atoms with Crippen LogP contribution in [0.4, 0.5) is 13.2 Å². The Balaban J connectivity index is 3.07. The van der Waals surface area contributed by atoms with E-state index in [-0.39, 0.29) is 10.3 Å². The minimum absolute atomic E-state index is 0.0991. The molecule has 0 saturated carbocycles. The monoisotopic (exact) mass is 275 g/mol. The van der Waals surface area contributed by atoms with E-state index in [4.69, 9.17) is 0 Å². The summed E-state index contributed by atoms with van der Waals surface area (Å²) >= 11 is 1.29. The minimum Gasteiger partial charge on any atom is -0.220 e. The molecule has 5 heteroatoms. The zero-order valence-corrected chi connectivity index (χ0v) is 11.6. The second kappa shape index (κ2) is 5.78. The van der Waals surface area contributed by atoms with Gasteiger partial charge in [0.1, 0.15) is 5.82 Å². The standard InChI is InChI=1S/C13H16F3NS/c1-8(17-18-13(2,3)4)9-6-5-7-10(11(9)14)12(15)16/h5-7,12H,1-4H3/b17-8+. The first-order chi connectivity index (χ1) is 8.22. The van der Waals surface area contributed by atoms with Gasteiger partial charge in [0.15, 0.2) is 0 Å². The summed E-state index contributed by atoms with van der Waals surface area (Å²) in [5.41, 5.74) is -0.0396. The van der Waals surface area contributed by atoms with Gasteiger partial charge in [0.25, 0.3) is 6.43 Å². The molecule has 0 spiro atoms. The maximum Gasteiger partial charge on any atom is 0.266 e. The van der Waals surface area contributed by atoms with Crippen molar-refractivity contribution in [3.05, 3.63) is 35.1 Å². The Hall–Kier alpha value is -0.970. The lowest BCUT2D eigenvalue weighted by molar-refractivity contribution is 0.146. The van der Waals surface area contributed by atoms with Gasteiger partial charge in [-0.25, -0.2) is 17.6 Å². The lowest BCUT2D eigenvalue weighted by Crippen LogP contribution is -2.07. The Kier molecular flexibility index (Phi) is 4.85. The van der Waals surface area contributed by atoms with Crippen molar-refractivity contribution in [2.45, 2.75) is 38.9 Å². The van der Waals surface area contributed by atoms with Gasteiger partial charge in [-0.05, 0) is 39.6 Å². The highest BCUT2D eigenvalue weighted by Crippen LogP contribution is 2.27. The molecule has 0 bridgehead atoms. The SMILES string of the molecule is C/C(=N\SC(C)(C)C)c1cccc(C(F)F)c1F. The summed E-state index contributed by atoms with van der Waals surface area (Å²) in [6.07, 6.45) is -2.81. The Bertz CT molecular complexity index is 450. The number of nitrogens with zero attached hydrogens (tertiary/aromatic N) is 1. The fourth-order valence-corrected chi connectivity index (χ4v) is 1.76. The Labute approximate surface area is 110 Å². The van der Waals surface area contributed by atoms with E-state index < -0.39 is 17.8 Å². The van der Waals surface area contributed by atoms with E-state index in [1.807, 2.05) is 20.8 Å². The maximum absolute atomic E-state index is 13.8. The summed E-state index contributed by atoms with van der Waals surface area (Å²) in [6, 6.07) is 3.97. The van der Waals surface area contributed by atoms with Crippen LogP contribution in [0.25, 0.3) is 0 Å². The van der Waals surface area contributed by atoms with Crippen LogP contribution in [-0.2, 0) is 0 Å². The molecule has 0 atom stereocenters. The highest BCUT2D eigenvalue weighted by atomic mass is 32.2. The van der Waals surface area contributed by atoms with Gasteiger partial charge in [-0.2, -0.15) is 0 Å². The highest BCUT2D eigenvalue weighted by Gasteiger charge is 2.18. The fraction of sp³-hybridized carbons (Fsp3) is 0.462. The van der Waals surface area contributed by atoms with Crippen LogP contribution in [0.2, 0.25) is 0 Å². The molecule has 0 radical (unpaired) electrons. The molecule has 0 amide bonds. The normalized spacial score (nSPS) is 13.2. The predicted molar refractivity (Wildman–Crippen MR) is 70.9 cm³/mol. The summed E-state index contributed by atoms with van der Waals surface area (Å²) in [5, 5.41) is 0. The molecule has 0 fully saturated rings. The molecule has 18 heavy (non-hydrogen) atoms. The smallest absolute Gasteiger partial charge is 0.220 e. The second-order valence-corrected chi connectivity index (χ2v) is 6.48. The van der Waals surface area contributed by atoms with E-state index in [1.165, 1.54) is 24.1 Å². The van der Waals surface area contributed by atoms with Gasteiger partial charge >= 0.3 is 0 Å². The third-order valence-electron chi connectivity index (χ3n) is 2.11. The molecule has 0 aliphatic heterocycles. The maximum atomic E-state index is 13.8. The third kappa shape index (κ3) is 4.05. The molecule has 1 rings (SSSR count). The molecule has 1 aromatic rings.